The fraction of sp³-hybridized carbons (Fsp3) is 0. The highest BCUT2D eigenvalue weighted by atomic mass is 32.1. The summed E-state index contributed by atoms with van der Waals surface area (Å²) in [7, 11) is 0. The first-order valence-corrected chi connectivity index (χ1v) is 3.38. The molecule has 2 aromatic heterocycles. The molecule has 0 amide bonds. The Labute approximate surface area is 60.5 Å². The van der Waals surface area contributed by atoms with E-state index in [1.165, 1.54) is 17.6 Å². The van der Waals surface area contributed by atoms with Crippen molar-refractivity contribution in [3.05, 3.63) is 18.0 Å². The first-order chi connectivity index (χ1) is 4.97. The maximum absolute atomic E-state index is 4.54. The number of aromatic nitrogens is 3. The molecule has 0 aliphatic carbocycles. The van der Waals surface area contributed by atoms with Gasteiger partial charge in [-0.25, -0.2) is 4.98 Å². The van der Waals surface area contributed by atoms with E-state index in [9.17, 15) is 0 Å². The van der Waals surface area contributed by atoms with Gasteiger partial charge in [-0.2, -0.15) is 0 Å². The summed E-state index contributed by atoms with van der Waals surface area (Å²) in [5, 5.41) is 7.01. The van der Waals surface area contributed by atoms with Crippen molar-refractivity contribution in [3.8, 4) is 10.6 Å². The van der Waals surface area contributed by atoms with Crippen LogP contribution in [0.5, 0.6) is 0 Å². The zero-order valence-electron chi connectivity index (χ0n) is 4.81. The molecule has 49 valence electrons. The topological polar surface area (TPSA) is 51.8 Å². The Balaban J connectivity index is 2.48. The van der Waals surface area contributed by atoms with E-state index in [-0.39, 0.29) is 0 Å². The van der Waals surface area contributed by atoms with Crippen LogP contribution in [0, 0.1) is 5.51 Å². The third-order valence-corrected chi connectivity index (χ3v) is 1.73. The van der Waals surface area contributed by atoms with Crippen molar-refractivity contribution in [2.45, 2.75) is 0 Å². The lowest BCUT2D eigenvalue weighted by molar-refractivity contribution is 0.393. The third kappa shape index (κ3) is 0.801. The van der Waals surface area contributed by atoms with Gasteiger partial charge in [-0.1, -0.05) is 0 Å². The Morgan fingerprint density at radius 1 is 1.60 bits per heavy atom. The molecule has 0 N–H and O–H groups in total. The molecule has 0 spiro atoms. The number of thiazole rings is 1. The summed E-state index contributed by atoms with van der Waals surface area (Å²) >= 11 is 1.38. The second-order valence-electron chi connectivity index (χ2n) is 1.61. The summed E-state index contributed by atoms with van der Waals surface area (Å²) in [6.07, 6.45) is 3.14. The molecule has 10 heavy (non-hydrogen) atoms. The van der Waals surface area contributed by atoms with Crippen LogP contribution in [-0.2, 0) is 0 Å². The van der Waals surface area contributed by atoms with Gasteiger partial charge in [-0.05, 0) is 0 Å². The summed E-state index contributed by atoms with van der Waals surface area (Å²) in [5.41, 5.74) is 3.41. The molecule has 0 aromatic carbocycles. The van der Waals surface area contributed by atoms with Crippen LogP contribution in [0.4, 0.5) is 0 Å². The van der Waals surface area contributed by atoms with Gasteiger partial charge < -0.3 is 4.52 Å². The first kappa shape index (κ1) is 5.55. The van der Waals surface area contributed by atoms with Crippen LogP contribution >= 0.6 is 11.3 Å². The molecule has 0 saturated heterocycles. The van der Waals surface area contributed by atoms with Crippen molar-refractivity contribution in [1.82, 2.24) is 15.4 Å². The molecule has 2 heterocycles. The molecular weight excluding hydrogens is 150 g/mol. The van der Waals surface area contributed by atoms with Crippen molar-refractivity contribution in [1.29, 1.82) is 0 Å². The highest BCUT2D eigenvalue weighted by Gasteiger charge is 2.01. The molecule has 2 aromatic rings. The van der Waals surface area contributed by atoms with Crippen LogP contribution in [-0.4, -0.2) is 15.4 Å². The number of nitrogens with zero attached hydrogens (tertiary/aromatic N) is 3. The minimum Gasteiger partial charge on any atom is -0.345 e. The lowest BCUT2D eigenvalue weighted by Crippen LogP contribution is -1.69. The molecule has 2 rings (SSSR count). The molecule has 1 radical (unpaired) electrons. The molecule has 4 nitrogen and oxygen atoms in total. The number of rotatable bonds is 1. The van der Waals surface area contributed by atoms with Gasteiger partial charge in [0.2, 0.25) is 0 Å². The largest absolute Gasteiger partial charge is 0.345 e. The van der Waals surface area contributed by atoms with E-state index in [0.717, 1.165) is 4.88 Å². The quantitative estimate of drug-likeness (QED) is 0.611. The SMILES string of the molecule is [c]1ncc(-c2conn2)s1. The predicted molar refractivity (Wildman–Crippen MR) is 34.2 cm³/mol. The van der Waals surface area contributed by atoms with E-state index in [0.29, 0.717) is 5.69 Å². The molecule has 0 aliphatic heterocycles. The summed E-state index contributed by atoms with van der Waals surface area (Å²) in [5.74, 6) is 0. The van der Waals surface area contributed by atoms with Gasteiger partial charge in [-0.3, -0.25) is 0 Å². The van der Waals surface area contributed by atoms with Crippen molar-refractivity contribution >= 4 is 11.3 Å². The minimum absolute atomic E-state index is 0.707. The maximum Gasteiger partial charge on any atom is 0.153 e. The highest BCUT2D eigenvalue weighted by molar-refractivity contribution is 7.12. The van der Waals surface area contributed by atoms with E-state index in [1.807, 2.05) is 0 Å². The average molecular weight is 152 g/mol. The fourth-order valence-corrected chi connectivity index (χ4v) is 1.08. The van der Waals surface area contributed by atoms with Crippen LogP contribution < -0.4 is 0 Å². The smallest absolute Gasteiger partial charge is 0.153 e. The van der Waals surface area contributed by atoms with Gasteiger partial charge in [0.25, 0.3) is 0 Å². The lowest BCUT2D eigenvalue weighted by Gasteiger charge is -1.78. The van der Waals surface area contributed by atoms with Gasteiger partial charge in [0.05, 0.1) is 4.88 Å². The van der Waals surface area contributed by atoms with Crippen LogP contribution in [0.3, 0.4) is 0 Å². The molecule has 0 fully saturated rings. The van der Waals surface area contributed by atoms with Gasteiger partial charge >= 0.3 is 0 Å². The molecular formula is C5H2N3OS. The monoisotopic (exact) mass is 152 g/mol. The highest BCUT2D eigenvalue weighted by Crippen LogP contribution is 2.18. The summed E-state index contributed by atoms with van der Waals surface area (Å²) in [6.45, 7) is 0. The molecule has 0 saturated carbocycles. The Morgan fingerprint density at radius 2 is 2.60 bits per heavy atom. The van der Waals surface area contributed by atoms with E-state index in [2.05, 4.69) is 25.4 Å². The Hall–Kier alpha value is -1.23. The minimum atomic E-state index is 0.707. The van der Waals surface area contributed by atoms with Crippen molar-refractivity contribution in [2.24, 2.45) is 0 Å². The number of hydrogen-bond donors (Lipinski definition) is 0. The first-order valence-electron chi connectivity index (χ1n) is 2.56. The van der Waals surface area contributed by atoms with Crippen LogP contribution in [0.2, 0.25) is 0 Å². The lowest BCUT2D eigenvalue weighted by atomic mass is 10.4. The van der Waals surface area contributed by atoms with Gasteiger partial charge in [0, 0.05) is 11.5 Å². The summed E-state index contributed by atoms with van der Waals surface area (Å²) < 4.78 is 4.54. The normalized spacial score (nSPS) is 10.0. The van der Waals surface area contributed by atoms with E-state index in [4.69, 9.17) is 0 Å². The molecule has 0 aliphatic rings. The summed E-state index contributed by atoms with van der Waals surface area (Å²) in [4.78, 5) is 4.68. The van der Waals surface area contributed by atoms with Crippen molar-refractivity contribution < 1.29 is 4.52 Å². The van der Waals surface area contributed by atoms with Crippen molar-refractivity contribution in [2.75, 3.05) is 0 Å². The Bertz CT molecular complexity index is 256. The van der Waals surface area contributed by atoms with Crippen LogP contribution in [0.25, 0.3) is 10.6 Å². The second kappa shape index (κ2) is 2.18. The van der Waals surface area contributed by atoms with E-state index >= 15 is 0 Å². The van der Waals surface area contributed by atoms with Gasteiger partial charge in [0.1, 0.15) is 5.69 Å². The van der Waals surface area contributed by atoms with Crippen LogP contribution in [0.15, 0.2) is 17.0 Å². The van der Waals surface area contributed by atoms with E-state index in [1.54, 1.807) is 6.20 Å². The van der Waals surface area contributed by atoms with Crippen LogP contribution in [0.1, 0.15) is 0 Å². The van der Waals surface area contributed by atoms with Crippen molar-refractivity contribution in [3.63, 3.8) is 0 Å². The third-order valence-electron chi connectivity index (χ3n) is 1.00. The zero-order chi connectivity index (χ0) is 6.81. The zero-order valence-corrected chi connectivity index (χ0v) is 5.63. The number of hydrogen-bond acceptors (Lipinski definition) is 5. The average Bonchev–Trinajstić information content (AvgIpc) is 2.59. The molecule has 0 unspecified atom stereocenters. The Kier molecular flexibility index (Phi) is 1.21. The second-order valence-corrected chi connectivity index (χ2v) is 2.43. The standard InChI is InChI=1S/C5H2N3OS/c1-5(10-3-6-1)4-2-9-8-7-4/h1-2H. The molecule has 0 atom stereocenters. The van der Waals surface area contributed by atoms with Gasteiger partial charge in [-0.15, -0.1) is 16.4 Å². The van der Waals surface area contributed by atoms with E-state index < -0.39 is 0 Å². The van der Waals surface area contributed by atoms with Gasteiger partial charge in [0.15, 0.2) is 11.8 Å². The maximum atomic E-state index is 4.54. The fourth-order valence-electron chi connectivity index (χ4n) is 0.577. The molecule has 5 heteroatoms. The summed E-state index contributed by atoms with van der Waals surface area (Å²) in [6, 6.07) is 0. The molecule has 0 bridgehead atoms. The Morgan fingerprint density at radius 3 is 3.20 bits per heavy atom. The predicted octanol–water partition coefficient (Wildman–Crippen LogP) is 0.993.